The van der Waals surface area contributed by atoms with Crippen LogP contribution in [0, 0.1) is 5.92 Å². The second kappa shape index (κ2) is 8.49. The molecule has 1 unspecified atom stereocenters. The van der Waals surface area contributed by atoms with Gasteiger partial charge >= 0.3 is 0 Å². The van der Waals surface area contributed by atoms with Gasteiger partial charge in [0, 0.05) is 19.0 Å². The number of ketones is 1. The Bertz CT molecular complexity index is 353. The summed E-state index contributed by atoms with van der Waals surface area (Å²) in [5.41, 5.74) is 0. The summed E-state index contributed by atoms with van der Waals surface area (Å²) in [4.78, 5) is 26.6. The molecule has 0 radical (unpaired) electrons. The van der Waals surface area contributed by atoms with E-state index >= 15 is 0 Å². The number of hydrogen-bond donors (Lipinski definition) is 1. The molecular weight excluding hydrogens is 268 g/mol. The standard InChI is InChI=1S/C16H28N2O3/c1-2-8-17-16(20)14-12-21-10-9-18(14)11-15(19)13-6-4-3-5-7-13/h13-14H,2-12H2,1H3,(H,17,20). The van der Waals surface area contributed by atoms with Crippen molar-refractivity contribution in [3.63, 3.8) is 0 Å². The van der Waals surface area contributed by atoms with Crippen molar-refractivity contribution >= 4 is 11.7 Å². The molecule has 0 bridgehead atoms. The minimum atomic E-state index is -0.308. The minimum absolute atomic E-state index is 0.00649. The van der Waals surface area contributed by atoms with E-state index in [2.05, 4.69) is 5.32 Å². The van der Waals surface area contributed by atoms with E-state index in [1.54, 1.807) is 0 Å². The molecule has 1 saturated carbocycles. The number of nitrogens with one attached hydrogen (secondary N) is 1. The number of amides is 1. The third-order valence-corrected chi connectivity index (χ3v) is 4.51. The fourth-order valence-corrected chi connectivity index (χ4v) is 3.19. The van der Waals surface area contributed by atoms with E-state index in [0.717, 1.165) is 19.3 Å². The van der Waals surface area contributed by atoms with Crippen molar-refractivity contribution < 1.29 is 14.3 Å². The number of hydrogen-bond acceptors (Lipinski definition) is 4. The van der Waals surface area contributed by atoms with Gasteiger partial charge in [-0.3, -0.25) is 14.5 Å². The molecule has 2 aliphatic rings. The molecule has 5 nitrogen and oxygen atoms in total. The summed E-state index contributed by atoms with van der Waals surface area (Å²) in [5, 5.41) is 2.91. The van der Waals surface area contributed by atoms with Crippen molar-refractivity contribution in [2.24, 2.45) is 5.92 Å². The van der Waals surface area contributed by atoms with Crippen molar-refractivity contribution in [3.8, 4) is 0 Å². The number of morpholine rings is 1. The molecule has 1 saturated heterocycles. The second-order valence-corrected chi connectivity index (χ2v) is 6.15. The zero-order valence-electron chi connectivity index (χ0n) is 13.1. The predicted octanol–water partition coefficient (Wildman–Crippen LogP) is 1.36. The summed E-state index contributed by atoms with van der Waals surface area (Å²) in [6.45, 7) is 4.78. The third kappa shape index (κ3) is 4.78. The van der Waals surface area contributed by atoms with Gasteiger partial charge in [-0.25, -0.2) is 0 Å². The van der Waals surface area contributed by atoms with Gasteiger partial charge < -0.3 is 10.1 Å². The summed E-state index contributed by atoms with van der Waals surface area (Å²) in [7, 11) is 0. The van der Waals surface area contributed by atoms with Crippen LogP contribution in [-0.4, -0.2) is 55.5 Å². The van der Waals surface area contributed by atoms with E-state index < -0.39 is 0 Å². The largest absolute Gasteiger partial charge is 0.378 e. The summed E-state index contributed by atoms with van der Waals surface area (Å²) in [6.07, 6.45) is 6.55. The van der Waals surface area contributed by atoms with Gasteiger partial charge in [-0.2, -0.15) is 0 Å². The van der Waals surface area contributed by atoms with E-state index in [9.17, 15) is 9.59 Å². The van der Waals surface area contributed by atoms with Crippen LogP contribution in [0.15, 0.2) is 0 Å². The van der Waals surface area contributed by atoms with Gasteiger partial charge in [0.2, 0.25) is 5.91 Å². The molecule has 0 aromatic rings. The van der Waals surface area contributed by atoms with Gasteiger partial charge in [0.05, 0.1) is 19.8 Å². The lowest BCUT2D eigenvalue weighted by molar-refractivity contribution is -0.136. The van der Waals surface area contributed by atoms with E-state index in [1.165, 1.54) is 19.3 Å². The van der Waals surface area contributed by atoms with Crippen LogP contribution in [0.4, 0.5) is 0 Å². The normalized spacial score (nSPS) is 24.7. The maximum absolute atomic E-state index is 12.4. The predicted molar refractivity (Wildman–Crippen MR) is 81.1 cm³/mol. The molecule has 1 N–H and O–H groups in total. The Balaban J connectivity index is 1.88. The maximum atomic E-state index is 12.4. The number of ether oxygens (including phenoxy) is 1. The van der Waals surface area contributed by atoms with Crippen LogP contribution in [0.3, 0.4) is 0 Å². The Kier molecular flexibility index (Phi) is 6.64. The van der Waals surface area contributed by atoms with Gasteiger partial charge in [-0.1, -0.05) is 26.2 Å². The average molecular weight is 296 g/mol. The topological polar surface area (TPSA) is 58.6 Å². The monoisotopic (exact) mass is 296 g/mol. The highest BCUT2D eigenvalue weighted by atomic mass is 16.5. The lowest BCUT2D eigenvalue weighted by atomic mass is 9.86. The van der Waals surface area contributed by atoms with E-state index in [1.807, 2.05) is 11.8 Å². The van der Waals surface area contributed by atoms with E-state index in [0.29, 0.717) is 38.6 Å². The first-order chi connectivity index (χ1) is 10.2. The zero-order chi connectivity index (χ0) is 15.1. The highest BCUT2D eigenvalue weighted by molar-refractivity contribution is 5.85. The molecule has 2 fully saturated rings. The molecule has 1 aliphatic carbocycles. The van der Waals surface area contributed by atoms with Gasteiger partial charge in [-0.15, -0.1) is 0 Å². The van der Waals surface area contributed by atoms with Crippen LogP contribution in [0.5, 0.6) is 0 Å². The molecule has 0 aromatic carbocycles. The lowest BCUT2D eigenvalue weighted by Gasteiger charge is -2.35. The first-order valence-electron chi connectivity index (χ1n) is 8.34. The summed E-state index contributed by atoms with van der Waals surface area (Å²) in [5.74, 6) is 0.513. The van der Waals surface area contributed by atoms with Gasteiger partial charge in [0.1, 0.15) is 11.8 Å². The Labute approximate surface area is 127 Å². The molecule has 21 heavy (non-hydrogen) atoms. The number of Topliss-reactive ketones (excluding diaryl/α,β-unsaturated/α-hetero) is 1. The molecule has 1 atom stereocenters. The Morgan fingerprint density at radius 2 is 2.00 bits per heavy atom. The second-order valence-electron chi connectivity index (χ2n) is 6.15. The Morgan fingerprint density at radius 3 is 2.71 bits per heavy atom. The fourth-order valence-electron chi connectivity index (χ4n) is 3.19. The van der Waals surface area contributed by atoms with Crippen LogP contribution in [0.2, 0.25) is 0 Å². The maximum Gasteiger partial charge on any atom is 0.239 e. The SMILES string of the molecule is CCCNC(=O)C1COCCN1CC(=O)C1CCCCC1. The molecule has 1 aliphatic heterocycles. The van der Waals surface area contributed by atoms with Crippen molar-refractivity contribution in [1.29, 1.82) is 0 Å². The van der Waals surface area contributed by atoms with Crippen molar-refractivity contribution in [2.45, 2.75) is 51.5 Å². The molecule has 5 heteroatoms. The number of nitrogens with zero attached hydrogens (tertiary/aromatic N) is 1. The lowest BCUT2D eigenvalue weighted by Crippen LogP contribution is -2.55. The molecule has 120 valence electrons. The van der Waals surface area contributed by atoms with E-state index in [4.69, 9.17) is 4.74 Å². The Morgan fingerprint density at radius 1 is 1.24 bits per heavy atom. The number of carbonyl (C=O) groups is 2. The molecule has 0 aromatic heterocycles. The molecule has 1 amide bonds. The third-order valence-electron chi connectivity index (χ3n) is 4.51. The van der Waals surface area contributed by atoms with Crippen molar-refractivity contribution in [1.82, 2.24) is 10.2 Å². The van der Waals surface area contributed by atoms with Crippen LogP contribution in [-0.2, 0) is 14.3 Å². The van der Waals surface area contributed by atoms with Gasteiger partial charge in [0.25, 0.3) is 0 Å². The van der Waals surface area contributed by atoms with Crippen LogP contribution >= 0.6 is 0 Å². The van der Waals surface area contributed by atoms with Gasteiger partial charge in [-0.05, 0) is 19.3 Å². The molecule has 2 rings (SSSR count). The smallest absolute Gasteiger partial charge is 0.239 e. The summed E-state index contributed by atoms with van der Waals surface area (Å²) < 4.78 is 5.43. The Hall–Kier alpha value is -0.940. The summed E-state index contributed by atoms with van der Waals surface area (Å²) in [6, 6.07) is -0.308. The average Bonchev–Trinajstić information content (AvgIpc) is 2.54. The highest BCUT2D eigenvalue weighted by Crippen LogP contribution is 2.25. The molecule has 0 spiro atoms. The van der Waals surface area contributed by atoms with Crippen LogP contribution < -0.4 is 5.32 Å². The highest BCUT2D eigenvalue weighted by Gasteiger charge is 2.32. The van der Waals surface area contributed by atoms with Crippen LogP contribution in [0.25, 0.3) is 0 Å². The van der Waals surface area contributed by atoms with Gasteiger partial charge in [0.15, 0.2) is 0 Å². The fraction of sp³-hybridized carbons (Fsp3) is 0.875. The van der Waals surface area contributed by atoms with Crippen molar-refractivity contribution in [2.75, 3.05) is 32.8 Å². The van der Waals surface area contributed by atoms with Crippen molar-refractivity contribution in [3.05, 3.63) is 0 Å². The van der Waals surface area contributed by atoms with E-state index in [-0.39, 0.29) is 17.9 Å². The number of carbonyl (C=O) groups excluding carboxylic acids is 2. The number of rotatable bonds is 6. The van der Waals surface area contributed by atoms with Crippen LogP contribution in [0.1, 0.15) is 45.4 Å². The molecule has 1 heterocycles. The minimum Gasteiger partial charge on any atom is -0.378 e. The first-order valence-corrected chi connectivity index (χ1v) is 8.34. The quantitative estimate of drug-likeness (QED) is 0.804. The molecular formula is C16H28N2O3. The zero-order valence-corrected chi connectivity index (χ0v) is 13.1. The first kappa shape index (κ1) is 16.4. The summed E-state index contributed by atoms with van der Waals surface area (Å²) >= 11 is 0.